The van der Waals surface area contributed by atoms with Crippen LogP contribution in [0.5, 0.6) is 0 Å². The number of thiazole rings is 1. The Balaban J connectivity index is 1.28. The standard InChI is InChI=1S/C26H20N2O4S2/c1-16-28-22(15-33-16)18-8-6-17(7-9-18)12-13-27-26(30)19-10-11-21-24(14-19)34(31,32)23-5-3-2-4-20(23)25(21)29/h2-11,14-15H,12-13H2,1H3,(H,27,30). The van der Waals surface area contributed by atoms with Crippen molar-refractivity contribution in [2.75, 3.05) is 6.54 Å². The number of hydrogen-bond donors (Lipinski definition) is 1. The van der Waals surface area contributed by atoms with Crippen LogP contribution in [0.4, 0.5) is 0 Å². The van der Waals surface area contributed by atoms with Gasteiger partial charge in [-0.1, -0.05) is 36.4 Å². The number of benzene rings is 3. The van der Waals surface area contributed by atoms with Crippen molar-refractivity contribution in [2.45, 2.75) is 23.1 Å². The maximum absolute atomic E-state index is 13.1. The second-order valence-electron chi connectivity index (χ2n) is 7.99. The van der Waals surface area contributed by atoms with E-state index in [0.29, 0.717) is 13.0 Å². The lowest BCUT2D eigenvalue weighted by Crippen LogP contribution is -2.27. The lowest BCUT2D eigenvalue weighted by Gasteiger charge is -2.19. The lowest BCUT2D eigenvalue weighted by atomic mass is 10.0. The van der Waals surface area contributed by atoms with Crippen molar-refractivity contribution in [1.29, 1.82) is 0 Å². The van der Waals surface area contributed by atoms with Gasteiger partial charge in [0.2, 0.25) is 9.84 Å². The molecule has 0 saturated carbocycles. The van der Waals surface area contributed by atoms with E-state index in [9.17, 15) is 18.0 Å². The molecule has 0 bridgehead atoms. The summed E-state index contributed by atoms with van der Waals surface area (Å²) in [5.41, 5.74) is 3.50. The summed E-state index contributed by atoms with van der Waals surface area (Å²) in [6.45, 7) is 2.36. The largest absolute Gasteiger partial charge is 0.352 e. The number of amides is 1. The maximum atomic E-state index is 13.1. The van der Waals surface area contributed by atoms with Gasteiger partial charge >= 0.3 is 0 Å². The molecule has 8 heteroatoms. The summed E-state index contributed by atoms with van der Waals surface area (Å²) in [4.78, 5) is 29.8. The first-order valence-corrected chi connectivity index (χ1v) is 13.0. The van der Waals surface area contributed by atoms with Crippen LogP contribution in [0.1, 0.15) is 36.9 Å². The van der Waals surface area contributed by atoms with E-state index in [4.69, 9.17) is 0 Å². The minimum atomic E-state index is -3.88. The fraction of sp³-hybridized carbons (Fsp3) is 0.115. The van der Waals surface area contributed by atoms with Crippen molar-refractivity contribution in [3.8, 4) is 11.3 Å². The molecule has 0 unspecified atom stereocenters. The molecule has 5 rings (SSSR count). The van der Waals surface area contributed by atoms with Crippen molar-refractivity contribution in [1.82, 2.24) is 10.3 Å². The number of rotatable bonds is 5. The van der Waals surface area contributed by atoms with E-state index < -0.39 is 9.84 Å². The molecule has 170 valence electrons. The predicted octanol–water partition coefficient (Wildman–Crippen LogP) is 4.47. The summed E-state index contributed by atoms with van der Waals surface area (Å²) in [6.07, 6.45) is 0.622. The Hall–Kier alpha value is -3.62. The Morgan fingerprint density at radius 2 is 1.71 bits per heavy atom. The van der Waals surface area contributed by atoms with Crippen LogP contribution in [-0.2, 0) is 16.3 Å². The molecule has 2 heterocycles. The van der Waals surface area contributed by atoms with Crippen LogP contribution in [0.15, 0.2) is 81.9 Å². The van der Waals surface area contributed by atoms with Crippen LogP contribution in [-0.4, -0.2) is 31.6 Å². The van der Waals surface area contributed by atoms with Crippen molar-refractivity contribution in [2.24, 2.45) is 0 Å². The molecule has 0 saturated heterocycles. The van der Waals surface area contributed by atoms with Crippen LogP contribution in [0, 0.1) is 6.92 Å². The first kappa shape index (κ1) is 22.2. The summed E-state index contributed by atoms with van der Waals surface area (Å²) in [5.74, 6) is -0.748. The highest BCUT2D eigenvalue weighted by atomic mass is 32.2. The maximum Gasteiger partial charge on any atom is 0.251 e. The molecule has 0 spiro atoms. The number of carbonyl (C=O) groups is 2. The van der Waals surface area contributed by atoms with Gasteiger partial charge in [0.15, 0.2) is 5.78 Å². The summed E-state index contributed by atoms with van der Waals surface area (Å²) in [7, 11) is -3.88. The zero-order valence-electron chi connectivity index (χ0n) is 18.2. The van der Waals surface area contributed by atoms with Gasteiger partial charge in [-0.25, -0.2) is 13.4 Å². The first-order chi connectivity index (χ1) is 16.3. The Kier molecular flexibility index (Phi) is 5.63. The zero-order valence-corrected chi connectivity index (χ0v) is 19.9. The molecular formula is C26H20N2O4S2. The molecule has 1 aliphatic heterocycles. The molecule has 0 aliphatic carbocycles. The molecule has 1 aromatic heterocycles. The number of sulfone groups is 1. The highest BCUT2D eigenvalue weighted by Crippen LogP contribution is 2.34. The summed E-state index contributed by atoms with van der Waals surface area (Å²) < 4.78 is 26.1. The second kappa shape index (κ2) is 8.62. The number of hydrogen-bond acceptors (Lipinski definition) is 6. The number of fused-ring (bicyclic) bond motifs is 2. The number of carbonyl (C=O) groups excluding carboxylic acids is 2. The normalized spacial score (nSPS) is 13.7. The average molecular weight is 489 g/mol. The van der Waals surface area contributed by atoms with Crippen LogP contribution in [0.3, 0.4) is 0 Å². The van der Waals surface area contributed by atoms with Gasteiger partial charge in [-0.15, -0.1) is 11.3 Å². The molecule has 1 N–H and O–H groups in total. The fourth-order valence-corrected chi connectivity index (χ4v) is 6.29. The summed E-state index contributed by atoms with van der Waals surface area (Å²) >= 11 is 1.61. The third-order valence-electron chi connectivity index (χ3n) is 5.77. The van der Waals surface area contributed by atoms with E-state index in [-0.39, 0.29) is 38.2 Å². The van der Waals surface area contributed by atoms with Gasteiger partial charge in [0.1, 0.15) is 0 Å². The van der Waals surface area contributed by atoms with Crippen molar-refractivity contribution in [3.05, 3.63) is 99.4 Å². The van der Waals surface area contributed by atoms with Gasteiger partial charge in [0, 0.05) is 34.2 Å². The Bertz CT molecular complexity index is 1540. The third-order valence-corrected chi connectivity index (χ3v) is 8.39. The molecular weight excluding hydrogens is 468 g/mol. The first-order valence-electron chi connectivity index (χ1n) is 10.7. The van der Waals surface area contributed by atoms with Gasteiger partial charge in [-0.2, -0.15) is 0 Å². The number of ketones is 1. The van der Waals surface area contributed by atoms with Crippen molar-refractivity contribution >= 4 is 32.9 Å². The molecule has 1 amide bonds. The number of nitrogens with one attached hydrogen (secondary N) is 1. The summed E-state index contributed by atoms with van der Waals surface area (Å²) in [6, 6.07) is 18.3. The molecule has 34 heavy (non-hydrogen) atoms. The van der Waals surface area contributed by atoms with Crippen LogP contribution in [0.2, 0.25) is 0 Å². The average Bonchev–Trinajstić information content (AvgIpc) is 3.29. The molecule has 0 atom stereocenters. The highest BCUT2D eigenvalue weighted by molar-refractivity contribution is 7.91. The van der Waals surface area contributed by atoms with Gasteiger partial charge in [0.25, 0.3) is 5.91 Å². The summed E-state index contributed by atoms with van der Waals surface area (Å²) in [5, 5.41) is 5.87. The predicted molar refractivity (Wildman–Crippen MR) is 130 cm³/mol. The van der Waals surface area contributed by atoms with E-state index in [2.05, 4.69) is 10.3 Å². The minimum Gasteiger partial charge on any atom is -0.352 e. The minimum absolute atomic E-state index is 0.0266. The SMILES string of the molecule is Cc1nc(-c2ccc(CCNC(=O)c3ccc4c(c3)S(=O)(=O)c3ccccc3C4=O)cc2)cs1. The fourth-order valence-electron chi connectivity index (χ4n) is 3.99. The van der Waals surface area contributed by atoms with E-state index in [1.807, 2.05) is 36.6 Å². The Morgan fingerprint density at radius 3 is 2.44 bits per heavy atom. The smallest absolute Gasteiger partial charge is 0.251 e. The van der Waals surface area contributed by atoms with Crippen molar-refractivity contribution < 1.29 is 18.0 Å². The second-order valence-corrected chi connectivity index (χ2v) is 10.9. The zero-order chi connectivity index (χ0) is 23.9. The van der Waals surface area contributed by atoms with Gasteiger partial charge < -0.3 is 5.32 Å². The van der Waals surface area contributed by atoms with E-state index in [1.165, 1.54) is 30.3 Å². The molecule has 3 aromatic carbocycles. The molecule has 6 nitrogen and oxygen atoms in total. The highest BCUT2D eigenvalue weighted by Gasteiger charge is 2.34. The molecule has 0 radical (unpaired) electrons. The van der Waals surface area contributed by atoms with Gasteiger partial charge in [0.05, 0.1) is 20.5 Å². The van der Waals surface area contributed by atoms with E-state index >= 15 is 0 Å². The van der Waals surface area contributed by atoms with Crippen LogP contribution in [0.25, 0.3) is 11.3 Å². The van der Waals surface area contributed by atoms with Crippen LogP contribution >= 0.6 is 11.3 Å². The van der Waals surface area contributed by atoms with Gasteiger partial charge in [-0.3, -0.25) is 9.59 Å². The quantitative estimate of drug-likeness (QED) is 0.394. The van der Waals surface area contributed by atoms with E-state index in [1.54, 1.807) is 23.5 Å². The van der Waals surface area contributed by atoms with E-state index in [0.717, 1.165) is 21.8 Å². The number of aromatic nitrogens is 1. The van der Waals surface area contributed by atoms with Crippen molar-refractivity contribution in [3.63, 3.8) is 0 Å². The Morgan fingerprint density at radius 1 is 0.971 bits per heavy atom. The molecule has 4 aromatic rings. The third kappa shape index (κ3) is 3.95. The van der Waals surface area contributed by atoms with Gasteiger partial charge in [-0.05, 0) is 49.2 Å². The molecule has 0 fully saturated rings. The Labute approximate surface area is 201 Å². The topological polar surface area (TPSA) is 93.2 Å². The number of aryl methyl sites for hydroxylation is 1. The number of nitrogens with zero attached hydrogens (tertiary/aromatic N) is 1. The monoisotopic (exact) mass is 488 g/mol. The van der Waals surface area contributed by atoms with Crippen LogP contribution < -0.4 is 5.32 Å². The molecule has 1 aliphatic rings. The lowest BCUT2D eigenvalue weighted by molar-refractivity contribution is 0.0952.